The highest BCUT2D eigenvalue weighted by atomic mass is 16.2. The number of nitrogens with zero attached hydrogens (tertiary/aromatic N) is 1. The van der Waals surface area contributed by atoms with Gasteiger partial charge < -0.3 is 4.90 Å². The maximum atomic E-state index is 12.1. The predicted octanol–water partition coefficient (Wildman–Crippen LogP) is 2.22. The highest BCUT2D eigenvalue weighted by Gasteiger charge is 2.37. The highest BCUT2D eigenvalue weighted by Crippen LogP contribution is 2.26. The van der Waals surface area contributed by atoms with Crippen molar-refractivity contribution in [1.82, 2.24) is 10.2 Å². The van der Waals surface area contributed by atoms with Crippen molar-refractivity contribution >= 4 is 5.91 Å². The Kier molecular flexibility index (Phi) is 3.48. The highest BCUT2D eigenvalue weighted by molar-refractivity contribution is 5.84. The van der Waals surface area contributed by atoms with Gasteiger partial charge in [0.05, 0.1) is 6.04 Å². The van der Waals surface area contributed by atoms with Crippen LogP contribution in [-0.4, -0.2) is 23.4 Å². The van der Waals surface area contributed by atoms with Gasteiger partial charge in [-0.25, -0.2) is 0 Å². The molecule has 0 radical (unpaired) electrons. The summed E-state index contributed by atoms with van der Waals surface area (Å²) in [6.45, 7) is 6.89. The van der Waals surface area contributed by atoms with Gasteiger partial charge in [-0.05, 0) is 25.8 Å². The van der Waals surface area contributed by atoms with Gasteiger partial charge in [0.15, 0.2) is 0 Å². The number of aryl methyl sites for hydroxylation is 1. The van der Waals surface area contributed by atoms with Crippen LogP contribution in [0.1, 0.15) is 37.6 Å². The lowest BCUT2D eigenvalue weighted by Crippen LogP contribution is -2.30. The number of nitrogens with one attached hydrogen (secondary N) is 1. The van der Waals surface area contributed by atoms with E-state index in [9.17, 15) is 4.79 Å². The third kappa shape index (κ3) is 2.20. The molecule has 0 aliphatic carbocycles. The Labute approximate surface area is 103 Å². The van der Waals surface area contributed by atoms with E-state index in [-0.39, 0.29) is 18.1 Å². The van der Waals surface area contributed by atoms with Gasteiger partial charge in [0.1, 0.15) is 6.17 Å². The summed E-state index contributed by atoms with van der Waals surface area (Å²) in [5.74, 6) is 0.223. The Hall–Kier alpha value is -1.35. The van der Waals surface area contributed by atoms with Crippen LogP contribution in [0.2, 0.25) is 0 Å². The first kappa shape index (κ1) is 12.1. The molecule has 1 fully saturated rings. The molecule has 1 aliphatic rings. The number of amides is 1. The Balaban J connectivity index is 2.26. The minimum Gasteiger partial charge on any atom is -0.322 e. The van der Waals surface area contributed by atoms with Crippen LogP contribution in [0, 0.1) is 6.92 Å². The van der Waals surface area contributed by atoms with Gasteiger partial charge in [-0.15, -0.1) is 0 Å². The Morgan fingerprint density at radius 1 is 1.24 bits per heavy atom. The molecular formula is C14H20N2O. The molecule has 92 valence electrons. The number of likely N-dealkylation sites (N-methyl/N-ethyl adjacent to an activating group) is 1. The number of carbonyl (C=O) groups is 1. The molecule has 3 nitrogen and oxygen atoms in total. The maximum Gasteiger partial charge on any atom is 0.241 e. The first-order valence-electron chi connectivity index (χ1n) is 6.30. The molecule has 1 amide bonds. The van der Waals surface area contributed by atoms with E-state index in [0.29, 0.717) is 0 Å². The lowest BCUT2D eigenvalue weighted by Gasteiger charge is -2.23. The van der Waals surface area contributed by atoms with E-state index < -0.39 is 0 Å². The van der Waals surface area contributed by atoms with Gasteiger partial charge >= 0.3 is 0 Å². The Morgan fingerprint density at radius 2 is 1.88 bits per heavy atom. The van der Waals surface area contributed by atoms with Crippen LogP contribution in [0.25, 0.3) is 0 Å². The summed E-state index contributed by atoms with van der Waals surface area (Å²) in [6.07, 6.45) is 0.885. The van der Waals surface area contributed by atoms with Gasteiger partial charge in [0, 0.05) is 6.54 Å². The summed E-state index contributed by atoms with van der Waals surface area (Å²) in [7, 11) is 0. The average Bonchev–Trinajstić information content (AvgIpc) is 2.66. The van der Waals surface area contributed by atoms with E-state index in [0.717, 1.165) is 13.0 Å². The van der Waals surface area contributed by atoms with Crippen LogP contribution in [0.3, 0.4) is 0 Å². The minimum absolute atomic E-state index is 0.0266. The van der Waals surface area contributed by atoms with Gasteiger partial charge in [-0.2, -0.15) is 0 Å². The molecule has 0 saturated carbocycles. The van der Waals surface area contributed by atoms with E-state index in [1.54, 1.807) is 0 Å². The molecule has 1 heterocycles. The first-order valence-corrected chi connectivity index (χ1v) is 6.30. The van der Waals surface area contributed by atoms with Crippen LogP contribution < -0.4 is 5.32 Å². The van der Waals surface area contributed by atoms with Crippen LogP contribution in [0.4, 0.5) is 0 Å². The lowest BCUT2D eigenvalue weighted by molar-refractivity contribution is -0.129. The van der Waals surface area contributed by atoms with Gasteiger partial charge in [-0.3, -0.25) is 10.1 Å². The summed E-state index contributed by atoms with van der Waals surface area (Å²) in [4.78, 5) is 14.0. The molecule has 0 bridgehead atoms. The van der Waals surface area contributed by atoms with Crippen molar-refractivity contribution in [2.75, 3.05) is 6.54 Å². The zero-order chi connectivity index (χ0) is 12.4. The van der Waals surface area contributed by atoms with Crippen LogP contribution in [-0.2, 0) is 4.79 Å². The van der Waals surface area contributed by atoms with Crippen molar-refractivity contribution in [2.24, 2.45) is 0 Å². The van der Waals surface area contributed by atoms with Crippen LogP contribution in [0.5, 0.6) is 0 Å². The van der Waals surface area contributed by atoms with E-state index in [4.69, 9.17) is 0 Å². The van der Waals surface area contributed by atoms with E-state index in [1.165, 1.54) is 11.1 Å². The summed E-state index contributed by atoms with van der Waals surface area (Å²) in [5.41, 5.74) is 2.41. The van der Waals surface area contributed by atoms with E-state index in [2.05, 4.69) is 36.5 Å². The fourth-order valence-electron chi connectivity index (χ4n) is 2.34. The molecule has 1 saturated heterocycles. The van der Waals surface area contributed by atoms with Gasteiger partial charge in [-0.1, -0.05) is 36.8 Å². The molecular weight excluding hydrogens is 212 g/mol. The molecule has 2 rings (SSSR count). The maximum absolute atomic E-state index is 12.1. The fourth-order valence-corrected chi connectivity index (χ4v) is 2.34. The number of benzene rings is 1. The molecule has 2 unspecified atom stereocenters. The number of carbonyl (C=O) groups excluding carboxylic acids is 1. The summed E-state index contributed by atoms with van der Waals surface area (Å²) in [6, 6.07) is 8.35. The normalized spacial score (nSPS) is 24.4. The molecule has 2 atom stereocenters. The molecule has 3 heteroatoms. The van der Waals surface area contributed by atoms with Crippen molar-refractivity contribution in [3.63, 3.8) is 0 Å². The van der Waals surface area contributed by atoms with Crippen LogP contribution >= 0.6 is 0 Å². The van der Waals surface area contributed by atoms with E-state index in [1.807, 2.05) is 18.7 Å². The minimum atomic E-state index is -0.0266. The molecule has 1 N–H and O–H groups in total. The third-order valence-corrected chi connectivity index (χ3v) is 3.39. The fraction of sp³-hybridized carbons (Fsp3) is 0.500. The summed E-state index contributed by atoms with van der Waals surface area (Å²) < 4.78 is 0. The summed E-state index contributed by atoms with van der Waals surface area (Å²) >= 11 is 0. The topological polar surface area (TPSA) is 32.3 Å². The summed E-state index contributed by atoms with van der Waals surface area (Å²) in [5, 5.41) is 3.40. The van der Waals surface area contributed by atoms with Crippen molar-refractivity contribution in [2.45, 2.75) is 39.4 Å². The number of hydrogen-bond donors (Lipinski definition) is 1. The SMILES string of the molecule is CCC1NC(c2ccc(C)cc2)N(CC)C1=O. The standard InChI is InChI=1S/C14H20N2O/c1-4-12-14(17)16(5-2)13(15-12)11-8-6-10(3)7-9-11/h6-9,12-13,15H,4-5H2,1-3H3. The van der Waals surface area contributed by atoms with Crippen molar-refractivity contribution in [1.29, 1.82) is 0 Å². The first-order chi connectivity index (χ1) is 8.17. The lowest BCUT2D eigenvalue weighted by atomic mass is 10.1. The largest absolute Gasteiger partial charge is 0.322 e. The van der Waals surface area contributed by atoms with Gasteiger partial charge in [0.25, 0.3) is 0 Å². The molecule has 17 heavy (non-hydrogen) atoms. The molecule has 1 aromatic carbocycles. The molecule has 0 aromatic heterocycles. The molecule has 1 aromatic rings. The van der Waals surface area contributed by atoms with Crippen LogP contribution in [0.15, 0.2) is 24.3 Å². The Morgan fingerprint density at radius 3 is 2.41 bits per heavy atom. The molecule has 1 aliphatic heterocycles. The number of hydrogen-bond acceptors (Lipinski definition) is 2. The zero-order valence-corrected chi connectivity index (χ0v) is 10.7. The molecule has 0 spiro atoms. The van der Waals surface area contributed by atoms with Crippen molar-refractivity contribution in [3.05, 3.63) is 35.4 Å². The smallest absolute Gasteiger partial charge is 0.241 e. The number of rotatable bonds is 3. The predicted molar refractivity (Wildman–Crippen MR) is 68.5 cm³/mol. The second kappa shape index (κ2) is 4.88. The monoisotopic (exact) mass is 232 g/mol. The second-order valence-electron chi connectivity index (χ2n) is 4.56. The third-order valence-electron chi connectivity index (χ3n) is 3.39. The van der Waals surface area contributed by atoms with E-state index >= 15 is 0 Å². The van der Waals surface area contributed by atoms with Crippen molar-refractivity contribution in [3.8, 4) is 0 Å². The quantitative estimate of drug-likeness (QED) is 0.866. The Bertz CT molecular complexity index is 399. The van der Waals surface area contributed by atoms with Gasteiger partial charge in [0.2, 0.25) is 5.91 Å². The van der Waals surface area contributed by atoms with Crippen molar-refractivity contribution < 1.29 is 4.79 Å². The zero-order valence-electron chi connectivity index (χ0n) is 10.7. The second-order valence-corrected chi connectivity index (χ2v) is 4.56. The average molecular weight is 232 g/mol.